The third-order valence-electron chi connectivity index (χ3n) is 10.7. The minimum absolute atomic E-state index is 0.00940. The van der Waals surface area contributed by atoms with Gasteiger partial charge in [-0.05, 0) is 120 Å². The van der Waals surface area contributed by atoms with E-state index < -0.39 is 0 Å². The summed E-state index contributed by atoms with van der Waals surface area (Å²) in [5.74, 6) is 0.267. The largest absolute Gasteiger partial charge is 0.372 e. The maximum Gasteiger partial charge on any atom is 0.191 e. The Morgan fingerprint density at radius 1 is 0.532 bits per heavy atom. The van der Waals surface area contributed by atoms with Crippen molar-refractivity contribution in [3.63, 3.8) is 0 Å². The van der Waals surface area contributed by atoms with Crippen molar-refractivity contribution < 1.29 is 9.59 Å². The number of carbonyl (C=O) groups is 2. The predicted molar refractivity (Wildman–Crippen MR) is 196 cm³/mol. The van der Waals surface area contributed by atoms with Crippen molar-refractivity contribution in [1.82, 2.24) is 9.80 Å². The lowest BCUT2D eigenvalue weighted by Gasteiger charge is -2.43. The number of allylic oxidation sites excluding steroid dienone is 2. The molecule has 5 rings (SSSR count). The van der Waals surface area contributed by atoms with Crippen LogP contribution < -0.4 is 9.80 Å². The first-order valence-corrected chi connectivity index (χ1v) is 17.6. The number of hydrogen-bond donors (Lipinski definition) is 0. The van der Waals surface area contributed by atoms with Crippen LogP contribution in [0.4, 0.5) is 11.4 Å². The molecular weight excluding hydrogens is 580 g/mol. The number of hydrogen-bond acceptors (Lipinski definition) is 6. The lowest BCUT2D eigenvalue weighted by atomic mass is 9.75. The Balaban J connectivity index is 1.24. The van der Waals surface area contributed by atoms with Gasteiger partial charge in [-0.15, -0.1) is 0 Å². The Bertz CT molecular complexity index is 1400. The Morgan fingerprint density at radius 2 is 0.872 bits per heavy atom. The maximum absolute atomic E-state index is 13.7. The molecular formula is C41H58N4O2. The molecule has 3 aliphatic rings. The molecule has 3 heterocycles. The molecule has 0 unspecified atom stereocenters. The first-order chi connectivity index (χ1) is 21.9. The van der Waals surface area contributed by atoms with Crippen LogP contribution in [0.5, 0.6) is 0 Å². The summed E-state index contributed by atoms with van der Waals surface area (Å²) in [7, 11) is 0. The van der Waals surface area contributed by atoms with E-state index in [1.807, 2.05) is 24.3 Å². The first kappa shape index (κ1) is 34.8. The summed E-state index contributed by atoms with van der Waals surface area (Å²) in [6.45, 7) is 27.6. The average molecular weight is 639 g/mol. The summed E-state index contributed by atoms with van der Waals surface area (Å²) in [5, 5.41) is 0. The second-order valence-corrected chi connectivity index (χ2v) is 17.2. The van der Waals surface area contributed by atoms with Crippen molar-refractivity contribution in [2.75, 3.05) is 49.1 Å². The van der Waals surface area contributed by atoms with E-state index in [0.717, 1.165) is 92.2 Å². The molecule has 0 N–H and O–H groups in total. The van der Waals surface area contributed by atoms with Gasteiger partial charge in [0.1, 0.15) is 0 Å². The zero-order valence-electron chi connectivity index (χ0n) is 30.7. The van der Waals surface area contributed by atoms with Crippen LogP contribution in [0.25, 0.3) is 0 Å². The Kier molecular flexibility index (Phi) is 9.49. The van der Waals surface area contributed by atoms with E-state index in [1.165, 1.54) is 0 Å². The predicted octanol–water partition coefficient (Wildman–Crippen LogP) is 8.60. The third kappa shape index (κ3) is 7.63. The number of anilines is 2. The van der Waals surface area contributed by atoms with Crippen molar-refractivity contribution in [2.24, 2.45) is 10.8 Å². The van der Waals surface area contributed by atoms with Crippen molar-refractivity contribution in [2.45, 2.75) is 99.6 Å². The van der Waals surface area contributed by atoms with Crippen molar-refractivity contribution >= 4 is 22.9 Å². The number of Topliss-reactive ketones (excluding diaryl/α,β-unsaturated/α-hetero) is 2. The van der Waals surface area contributed by atoms with Crippen molar-refractivity contribution in [3.8, 4) is 0 Å². The third-order valence-corrected chi connectivity index (χ3v) is 10.7. The number of benzene rings is 2. The summed E-state index contributed by atoms with van der Waals surface area (Å²) in [6.07, 6.45) is 7.19. The molecule has 6 heteroatoms. The smallest absolute Gasteiger partial charge is 0.191 e. The second kappa shape index (κ2) is 12.8. The van der Waals surface area contributed by atoms with Gasteiger partial charge in [0.25, 0.3) is 0 Å². The molecule has 0 radical (unpaired) electrons. The van der Waals surface area contributed by atoms with Crippen LogP contribution in [0.1, 0.15) is 109 Å². The molecule has 1 saturated heterocycles. The quantitative estimate of drug-likeness (QED) is 0.296. The highest BCUT2D eigenvalue weighted by atomic mass is 16.1. The summed E-state index contributed by atoms with van der Waals surface area (Å²) < 4.78 is 0. The van der Waals surface area contributed by atoms with E-state index in [1.54, 1.807) is 0 Å². The van der Waals surface area contributed by atoms with Gasteiger partial charge in [0, 0.05) is 96.4 Å². The van der Waals surface area contributed by atoms with Crippen LogP contribution in [0.2, 0.25) is 0 Å². The highest BCUT2D eigenvalue weighted by Crippen LogP contribution is 2.40. The zero-order chi connectivity index (χ0) is 34.4. The maximum atomic E-state index is 13.7. The monoisotopic (exact) mass is 638 g/mol. The van der Waals surface area contributed by atoms with Crippen LogP contribution in [0.15, 0.2) is 72.1 Å². The molecule has 2 aromatic rings. The number of nitrogens with zero attached hydrogens (tertiary/aromatic N) is 4. The molecule has 6 nitrogen and oxygen atoms in total. The second-order valence-electron chi connectivity index (χ2n) is 17.2. The number of ketones is 2. The van der Waals surface area contributed by atoms with E-state index in [2.05, 4.69) is 126 Å². The summed E-state index contributed by atoms with van der Waals surface area (Å²) in [6, 6.07) is 16.5. The molecule has 0 bridgehead atoms. The Labute approximate surface area is 284 Å². The standard InChI is InChI=1S/C41H58N4O2/c1-38(2,3)44-24-20-40(7,8)34(28-44)36(46)30-12-16-32(17-13-30)42-22-11-23-43(27-26-42)33-18-14-31(15-19-33)37(47)35-29-45(39(4,5)6)25-21-41(35,9)10/h12-19,28-29H,11,20-27H2,1-10H3. The van der Waals surface area contributed by atoms with Crippen molar-refractivity contribution in [1.29, 1.82) is 0 Å². The number of carbonyl (C=O) groups excluding carboxylic acids is 2. The first-order valence-electron chi connectivity index (χ1n) is 17.6. The van der Waals surface area contributed by atoms with Crippen LogP contribution >= 0.6 is 0 Å². The Morgan fingerprint density at radius 3 is 1.19 bits per heavy atom. The molecule has 1 fully saturated rings. The van der Waals surface area contributed by atoms with E-state index in [4.69, 9.17) is 0 Å². The van der Waals surface area contributed by atoms with E-state index in [0.29, 0.717) is 0 Å². The highest BCUT2D eigenvalue weighted by molar-refractivity contribution is 6.10. The lowest BCUT2D eigenvalue weighted by molar-refractivity contribution is 0.0954. The van der Waals surface area contributed by atoms with Gasteiger partial charge in [0.15, 0.2) is 11.6 Å². The van der Waals surface area contributed by atoms with Crippen LogP contribution in [0, 0.1) is 10.8 Å². The normalized spacial score (nSPS) is 20.4. The highest BCUT2D eigenvalue weighted by Gasteiger charge is 2.37. The van der Waals surface area contributed by atoms with Crippen LogP contribution in [-0.2, 0) is 0 Å². The summed E-state index contributed by atoms with van der Waals surface area (Å²) in [4.78, 5) is 36.9. The van der Waals surface area contributed by atoms with E-state index in [9.17, 15) is 9.59 Å². The van der Waals surface area contributed by atoms with Gasteiger partial charge in [-0.1, -0.05) is 27.7 Å². The van der Waals surface area contributed by atoms with Crippen LogP contribution in [0.3, 0.4) is 0 Å². The fourth-order valence-corrected chi connectivity index (χ4v) is 7.04. The zero-order valence-corrected chi connectivity index (χ0v) is 30.7. The fourth-order valence-electron chi connectivity index (χ4n) is 7.04. The minimum Gasteiger partial charge on any atom is -0.372 e. The van der Waals surface area contributed by atoms with Gasteiger partial charge in [-0.25, -0.2) is 0 Å². The topological polar surface area (TPSA) is 47.1 Å². The fraction of sp³-hybridized carbons (Fsp3) is 0.561. The minimum atomic E-state index is -0.144. The van der Waals surface area contributed by atoms with Crippen LogP contribution in [-0.4, -0.2) is 71.7 Å². The molecule has 3 aliphatic heterocycles. The van der Waals surface area contributed by atoms with Gasteiger partial charge in [0.05, 0.1) is 0 Å². The molecule has 47 heavy (non-hydrogen) atoms. The summed E-state index contributed by atoms with van der Waals surface area (Å²) >= 11 is 0. The molecule has 2 aromatic carbocycles. The van der Waals surface area contributed by atoms with Crippen molar-refractivity contribution in [3.05, 3.63) is 83.2 Å². The molecule has 0 saturated carbocycles. The van der Waals surface area contributed by atoms with E-state index >= 15 is 0 Å². The summed E-state index contributed by atoms with van der Waals surface area (Å²) in [5.41, 5.74) is 5.32. The molecule has 0 spiro atoms. The average Bonchev–Trinajstić information content (AvgIpc) is 3.26. The van der Waals surface area contributed by atoms with Gasteiger partial charge < -0.3 is 19.6 Å². The molecule has 0 aromatic heterocycles. The van der Waals surface area contributed by atoms with Gasteiger partial charge in [-0.3, -0.25) is 9.59 Å². The Hall–Kier alpha value is -3.54. The molecule has 0 amide bonds. The lowest BCUT2D eigenvalue weighted by Crippen LogP contribution is -2.44. The molecule has 0 atom stereocenters. The molecule has 0 aliphatic carbocycles. The molecule has 254 valence electrons. The SMILES string of the molecule is CC1(C)CCN(C(C)(C)C)C=C1C(=O)c1ccc(N2CCCN(c3ccc(C(=O)C4=CN(C(C)(C)C)CCC4(C)C)cc3)CC2)cc1. The number of rotatable bonds is 6. The van der Waals surface area contributed by atoms with Gasteiger partial charge in [-0.2, -0.15) is 0 Å². The van der Waals surface area contributed by atoms with E-state index in [-0.39, 0.29) is 33.5 Å². The van der Waals surface area contributed by atoms with Gasteiger partial charge in [0.2, 0.25) is 0 Å². The van der Waals surface area contributed by atoms with Gasteiger partial charge >= 0.3 is 0 Å².